The minimum Gasteiger partial charge on any atom is -0.467 e. The Balaban J connectivity index is 2.77. The Morgan fingerprint density at radius 2 is 2.18 bits per heavy atom. The van der Waals surface area contributed by atoms with Crippen LogP contribution < -0.4 is 20.7 Å². The van der Waals surface area contributed by atoms with Crippen molar-refractivity contribution in [3.63, 3.8) is 0 Å². The molecule has 0 aliphatic heterocycles. The van der Waals surface area contributed by atoms with Crippen molar-refractivity contribution in [3.8, 4) is 6.01 Å². The molecule has 1 rings (SSSR count). The first-order valence-corrected chi connectivity index (χ1v) is 5.10. The summed E-state index contributed by atoms with van der Waals surface area (Å²) in [6.45, 7) is 2.57. The predicted octanol–water partition coefficient (Wildman–Crippen LogP) is -0.965. The van der Waals surface area contributed by atoms with E-state index in [1.807, 2.05) is 6.92 Å². The van der Waals surface area contributed by atoms with Gasteiger partial charge in [0.25, 0.3) is 0 Å². The van der Waals surface area contributed by atoms with E-state index in [4.69, 9.17) is 10.5 Å². The van der Waals surface area contributed by atoms with Crippen molar-refractivity contribution < 1.29 is 9.53 Å². The summed E-state index contributed by atoms with van der Waals surface area (Å²) in [5, 5.41) is 2.68. The van der Waals surface area contributed by atoms with E-state index >= 15 is 0 Å². The van der Waals surface area contributed by atoms with Crippen LogP contribution in [0.25, 0.3) is 0 Å². The highest BCUT2D eigenvalue weighted by Crippen LogP contribution is 2.11. The van der Waals surface area contributed by atoms with Crippen LogP contribution in [0.5, 0.6) is 6.01 Å². The van der Waals surface area contributed by atoms with Crippen LogP contribution in [0.1, 0.15) is 6.92 Å². The van der Waals surface area contributed by atoms with Crippen molar-refractivity contribution in [2.24, 2.45) is 0 Å². The number of nitrogens with two attached hydrogens (primary N) is 1. The second-order valence-electron chi connectivity index (χ2n) is 3.29. The molecule has 0 spiro atoms. The maximum atomic E-state index is 11.4. The SMILES string of the molecule is CCNC(=O)CN(C)c1nc(N)nc(OC)n1. The van der Waals surface area contributed by atoms with Gasteiger partial charge in [0.1, 0.15) is 0 Å². The summed E-state index contributed by atoms with van der Waals surface area (Å²) in [4.78, 5) is 24.6. The Bertz CT molecular complexity index is 397. The predicted molar refractivity (Wildman–Crippen MR) is 62.7 cm³/mol. The molecule has 0 bridgehead atoms. The van der Waals surface area contributed by atoms with Gasteiger partial charge in [-0.2, -0.15) is 15.0 Å². The third kappa shape index (κ3) is 3.74. The summed E-state index contributed by atoms with van der Waals surface area (Å²) >= 11 is 0. The normalized spacial score (nSPS) is 9.82. The first-order chi connectivity index (χ1) is 8.06. The number of nitrogens with zero attached hydrogens (tertiary/aromatic N) is 4. The largest absolute Gasteiger partial charge is 0.467 e. The summed E-state index contributed by atoms with van der Waals surface area (Å²) in [5.74, 6) is 0.225. The van der Waals surface area contributed by atoms with Crippen LogP contribution in [0.4, 0.5) is 11.9 Å². The van der Waals surface area contributed by atoms with Gasteiger partial charge in [-0.25, -0.2) is 0 Å². The van der Waals surface area contributed by atoms with Gasteiger partial charge in [0.05, 0.1) is 13.7 Å². The molecule has 3 N–H and O–H groups in total. The highest BCUT2D eigenvalue weighted by molar-refractivity contribution is 5.80. The average molecular weight is 240 g/mol. The summed E-state index contributed by atoms with van der Waals surface area (Å²) in [6.07, 6.45) is 0. The van der Waals surface area contributed by atoms with Gasteiger partial charge in [0.2, 0.25) is 17.8 Å². The number of carbonyl (C=O) groups is 1. The number of methoxy groups -OCH3 is 1. The molecule has 1 heterocycles. The summed E-state index contributed by atoms with van der Waals surface area (Å²) in [7, 11) is 3.12. The van der Waals surface area contributed by atoms with Crippen molar-refractivity contribution in [1.29, 1.82) is 0 Å². The Hall–Kier alpha value is -2.12. The van der Waals surface area contributed by atoms with E-state index in [2.05, 4.69) is 20.3 Å². The number of rotatable bonds is 5. The molecule has 0 aromatic carbocycles. The van der Waals surface area contributed by atoms with Crippen molar-refractivity contribution in [2.45, 2.75) is 6.92 Å². The lowest BCUT2D eigenvalue weighted by Gasteiger charge is -2.16. The van der Waals surface area contributed by atoms with Gasteiger partial charge in [0, 0.05) is 13.6 Å². The maximum Gasteiger partial charge on any atom is 0.322 e. The van der Waals surface area contributed by atoms with Crippen LogP contribution in [0.15, 0.2) is 0 Å². The third-order valence-corrected chi connectivity index (χ3v) is 1.90. The minimum atomic E-state index is -0.118. The molecular weight excluding hydrogens is 224 g/mol. The van der Waals surface area contributed by atoms with Crippen molar-refractivity contribution in [1.82, 2.24) is 20.3 Å². The second kappa shape index (κ2) is 5.83. The number of carbonyl (C=O) groups excluding carboxylic acids is 1. The monoisotopic (exact) mass is 240 g/mol. The first kappa shape index (κ1) is 12.9. The number of hydrogen-bond donors (Lipinski definition) is 2. The highest BCUT2D eigenvalue weighted by Gasteiger charge is 2.12. The van der Waals surface area contributed by atoms with Crippen LogP contribution in [0.3, 0.4) is 0 Å². The lowest BCUT2D eigenvalue weighted by molar-refractivity contribution is -0.119. The van der Waals surface area contributed by atoms with Crippen molar-refractivity contribution in [2.75, 3.05) is 37.9 Å². The standard InChI is InChI=1S/C9H16N6O2/c1-4-11-6(16)5-15(2)8-12-7(10)13-9(14-8)17-3/h4-5H2,1-3H3,(H,11,16)(H2,10,12,13,14). The molecule has 1 aromatic heterocycles. The lowest BCUT2D eigenvalue weighted by atomic mass is 10.5. The highest BCUT2D eigenvalue weighted by atomic mass is 16.5. The molecule has 0 saturated carbocycles. The van der Waals surface area contributed by atoms with Crippen LogP contribution >= 0.6 is 0 Å². The molecule has 0 unspecified atom stereocenters. The van der Waals surface area contributed by atoms with Gasteiger partial charge in [-0.15, -0.1) is 0 Å². The Morgan fingerprint density at radius 3 is 2.76 bits per heavy atom. The molecule has 1 aromatic rings. The lowest BCUT2D eigenvalue weighted by Crippen LogP contribution is -2.35. The number of nitrogens with one attached hydrogen (secondary N) is 1. The van der Waals surface area contributed by atoms with E-state index in [1.165, 1.54) is 7.11 Å². The maximum absolute atomic E-state index is 11.4. The molecule has 17 heavy (non-hydrogen) atoms. The van der Waals surface area contributed by atoms with Crippen molar-refractivity contribution >= 4 is 17.8 Å². The fraction of sp³-hybridized carbons (Fsp3) is 0.556. The molecule has 0 saturated heterocycles. The number of amides is 1. The zero-order valence-electron chi connectivity index (χ0n) is 10.1. The minimum absolute atomic E-state index is 0.0506. The van der Waals surface area contributed by atoms with E-state index in [0.29, 0.717) is 12.5 Å². The van der Waals surface area contributed by atoms with Gasteiger partial charge >= 0.3 is 6.01 Å². The number of likely N-dealkylation sites (N-methyl/N-ethyl adjacent to an activating group) is 2. The van der Waals surface area contributed by atoms with Crippen LogP contribution in [0, 0.1) is 0 Å². The number of anilines is 2. The average Bonchev–Trinajstić information content (AvgIpc) is 2.28. The molecular formula is C9H16N6O2. The molecule has 1 amide bonds. The van der Waals surface area contributed by atoms with Crippen LogP contribution in [0.2, 0.25) is 0 Å². The van der Waals surface area contributed by atoms with Gasteiger partial charge < -0.3 is 20.7 Å². The fourth-order valence-electron chi connectivity index (χ4n) is 1.16. The van der Waals surface area contributed by atoms with Crippen LogP contribution in [-0.2, 0) is 4.79 Å². The molecule has 94 valence electrons. The second-order valence-corrected chi connectivity index (χ2v) is 3.29. The summed E-state index contributed by atoms with van der Waals surface area (Å²) < 4.78 is 4.87. The third-order valence-electron chi connectivity index (χ3n) is 1.90. The smallest absolute Gasteiger partial charge is 0.322 e. The van der Waals surface area contributed by atoms with Crippen molar-refractivity contribution in [3.05, 3.63) is 0 Å². The van der Waals surface area contributed by atoms with E-state index in [1.54, 1.807) is 11.9 Å². The van der Waals surface area contributed by atoms with Crippen LogP contribution in [-0.4, -0.2) is 48.1 Å². The Labute approximate surface area is 99.2 Å². The molecule has 0 fully saturated rings. The molecule has 8 heteroatoms. The van der Waals surface area contributed by atoms with E-state index in [-0.39, 0.29) is 24.4 Å². The first-order valence-electron chi connectivity index (χ1n) is 5.10. The quantitative estimate of drug-likeness (QED) is 0.682. The topological polar surface area (TPSA) is 106 Å². The van der Waals surface area contributed by atoms with Gasteiger partial charge in [-0.1, -0.05) is 0 Å². The number of ether oxygens (including phenoxy) is 1. The van der Waals surface area contributed by atoms with E-state index in [0.717, 1.165) is 0 Å². The summed E-state index contributed by atoms with van der Waals surface area (Å²) in [5.41, 5.74) is 5.49. The Morgan fingerprint density at radius 1 is 1.47 bits per heavy atom. The van der Waals surface area contributed by atoms with Gasteiger partial charge in [0.15, 0.2) is 0 Å². The zero-order valence-corrected chi connectivity index (χ0v) is 10.1. The molecule has 0 atom stereocenters. The molecule has 8 nitrogen and oxygen atoms in total. The van der Waals surface area contributed by atoms with Gasteiger partial charge in [-0.3, -0.25) is 4.79 Å². The molecule has 0 aliphatic rings. The number of nitrogen functional groups attached to an aromatic ring is 1. The molecule has 0 aliphatic carbocycles. The van der Waals surface area contributed by atoms with E-state index < -0.39 is 0 Å². The number of hydrogen-bond acceptors (Lipinski definition) is 7. The zero-order chi connectivity index (χ0) is 12.8. The molecule has 0 radical (unpaired) electrons. The fourth-order valence-corrected chi connectivity index (χ4v) is 1.16. The van der Waals surface area contributed by atoms with Gasteiger partial charge in [-0.05, 0) is 6.92 Å². The summed E-state index contributed by atoms with van der Waals surface area (Å²) in [6, 6.07) is 0.121. The van der Waals surface area contributed by atoms with E-state index in [9.17, 15) is 4.79 Å². The number of aromatic nitrogens is 3. The Kier molecular flexibility index (Phi) is 4.44.